The lowest BCUT2D eigenvalue weighted by molar-refractivity contribution is -0.361. The molecule has 11 nitrogen and oxygen atoms in total. The molecule has 0 fully saturated rings. The van der Waals surface area contributed by atoms with Crippen LogP contribution < -0.4 is 17.0 Å². The Labute approximate surface area is 150 Å². The second-order valence-electron chi connectivity index (χ2n) is 5.32. The number of rotatable bonds is 8. The van der Waals surface area contributed by atoms with Crippen molar-refractivity contribution in [2.45, 2.75) is 51.9 Å². The summed E-state index contributed by atoms with van der Waals surface area (Å²) in [5.74, 6) is -3.99. The van der Waals surface area contributed by atoms with Crippen LogP contribution >= 0.6 is 0 Å². The summed E-state index contributed by atoms with van der Waals surface area (Å²) in [6.07, 6.45) is 0.850. The Morgan fingerprint density at radius 2 is 1.96 bits per heavy atom. The van der Waals surface area contributed by atoms with E-state index < -0.39 is 42.4 Å². The van der Waals surface area contributed by atoms with E-state index in [4.69, 9.17) is 15.6 Å². The molecule has 0 radical (unpaired) electrons. The Kier molecular flexibility index (Phi) is 10.6. The number of methoxy groups -OCH3 is 1. The zero-order valence-electron chi connectivity index (χ0n) is 15.1. The monoisotopic (exact) mass is 377 g/mol. The maximum atomic E-state index is 11.6. The van der Waals surface area contributed by atoms with Crippen LogP contribution in [0.4, 0.5) is 0 Å². The van der Waals surface area contributed by atoms with Crippen LogP contribution in [-0.2, 0) is 27.4 Å². The van der Waals surface area contributed by atoms with Gasteiger partial charge in [-0.3, -0.25) is 14.6 Å². The molecule has 1 unspecified atom stereocenters. The van der Waals surface area contributed by atoms with Crippen molar-refractivity contribution >= 4 is 5.97 Å². The van der Waals surface area contributed by atoms with E-state index in [1.54, 1.807) is 0 Å². The summed E-state index contributed by atoms with van der Waals surface area (Å²) in [4.78, 5) is 36.0. The smallest absolute Gasteiger partial charge is 0.352 e. The van der Waals surface area contributed by atoms with Crippen LogP contribution in [0.25, 0.3) is 0 Å². The minimum absolute atomic E-state index is 0.0348. The zero-order valence-corrected chi connectivity index (χ0v) is 15.1. The number of ether oxygens (including phenoxy) is 2. The van der Waals surface area contributed by atoms with Crippen molar-refractivity contribution in [2.75, 3.05) is 13.7 Å². The van der Waals surface area contributed by atoms with Crippen LogP contribution in [0, 0.1) is 0 Å². The van der Waals surface area contributed by atoms with Crippen molar-refractivity contribution in [3.63, 3.8) is 0 Å². The number of carbonyl (C=O) groups is 1. The summed E-state index contributed by atoms with van der Waals surface area (Å²) in [5.41, 5.74) is 3.51. The molecule has 11 heteroatoms. The molecule has 1 rings (SSSR count). The number of hydrogen-bond acceptors (Lipinski definition) is 9. The maximum absolute atomic E-state index is 11.6. The molecule has 26 heavy (non-hydrogen) atoms. The molecular formula is C15H27N3O8. The highest BCUT2D eigenvalue weighted by Gasteiger charge is 2.39. The van der Waals surface area contributed by atoms with Gasteiger partial charge in [-0.1, -0.05) is 20.3 Å². The number of nitrogens with zero attached hydrogens (tertiary/aromatic N) is 1. The second-order valence-corrected chi connectivity index (χ2v) is 5.32. The van der Waals surface area contributed by atoms with E-state index in [-0.39, 0.29) is 18.5 Å². The lowest BCUT2D eigenvalue weighted by atomic mass is 10.2. The fourth-order valence-corrected chi connectivity index (χ4v) is 1.82. The van der Waals surface area contributed by atoms with Crippen molar-refractivity contribution in [3.05, 3.63) is 32.6 Å². The van der Waals surface area contributed by atoms with Gasteiger partial charge in [-0.15, -0.1) is 0 Å². The van der Waals surface area contributed by atoms with Gasteiger partial charge in [-0.25, -0.2) is 4.79 Å². The third-order valence-corrected chi connectivity index (χ3v) is 3.02. The fraction of sp³-hybridized carbons (Fsp3) is 0.667. The summed E-state index contributed by atoms with van der Waals surface area (Å²) in [7, 11) is 1.15. The van der Waals surface area contributed by atoms with Crippen molar-refractivity contribution in [2.24, 2.45) is 5.73 Å². The molecule has 0 aliphatic carbocycles. The topological polar surface area (TPSA) is 177 Å². The molecular weight excluding hydrogens is 350 g/mol. The van der Waals surface area contributed by atoms with Crippen LogP contribution in [0.5, 0.6) is 0 Å². The Morgan fingerprint density at radius 1 is 1.38 bits per heavy atom. The number of aliphatic hydroxyl groups excluding tert-OH is 1. The molecule has 6 N–H and O–H groups in total. The van der Waals surface area contributed by atoms with E-state index in [9.17, 15) is 24.6 Å². The quantitative estimate of drug-likeness (QED) is 0.253. The molecule has 0 amide bonds. The zero-order chi connectivity index (χ0) is 20.3. The van der Waals surface area contributed by atoms with Crippen LogP contribution in [0.2, 0.25) is 0 Å². The van der Waals surface area contributed by atoms with Crippen molar-refractivity contribution in [1.82, 2.24) is 9.55 Å². The Balaban J connectivity index is 0.00000194. The molecule has 1 heterocycles. The van der Waals surface area contributed by atoms with Crippen LogP contribution in [-0.4, -0.2) is 56.6 Å². The van der Waals surface area contributed by atoms with E-state index in [1.165, 1.54) is 6.42 Å². The van der Waals surface area contributed by atoms with Gasteiger partial charge in [0, 0.05) is 26.3 Å². The predicted octanol–water partition coefficient (Wildman–Crippen LogP) is -2.01. The van der Waals surface area contributed by atoms with Gasteiger partial charge in [-0.2, -0.15) is 0 Å². The highest BCUT2D eigenvalue weighted by Crippen LogP contribution is 2.16. The number of aromatic nitrogens is 2. The molecule has 0 saturated carbocycles. The van der Waals surface area contributed by atoms with Crippen molar-refractivity contribution in [1.29, 1.82) is 0 Å². The second kappa shape index (κ2) is 11.5. The number of aromatic amines is 1. The highest BCUT2D eigenvalue weighted by molar-refractivity contribution is 5.71. The van der Waals surface area contributed by atoms with Gasteiger partial charge in [0.2, 0.25) is 0 Å². The van der Waals surface area contributed by atoms with E-state index in [1.807, 2.05) is 4.98 Å². The van der Waals surface area contributed by atoms with Gasteiger partial charge in [-0.05, 0) is 0 Å². The van der Waals surface area contributed by atoms with Crippen molar-refractivity contribution < 1.29 is 29.6 Å². The molecule has 150 valence electrons. The van der Waals surface area contributed by atoms with E-state index in [0.29, 0.717) is 0 Å². The molecule has 1 aromatic heterocycles. The molecule has 0 aliphatic heterocycles. The molecule has 0 bridgehead atoms. The average molecular weight is 377 g/mol. The summed E-state index contributed by atoms with van der Waals surface area (Å²) in [5, 5.41) is 28.4. The van der Waals surface area contributed by atoms with E-state index >= 15 is 0 Å². The number of H-pyrrole nitrogens is 1. The SMILES string of the molecule is CCC.COC(CCn1cc(CO)c(=O)[nH]c1=O)C(O)(O)OC(=O)CN. The number of aryl methyl sites for hydroxylation is 1. The lowest BCUT2D eigenvalue weighted by Crippen LogP contribution is -2.49. The van der Waals surface area contributed by atoms with E-state index in [2.05, 4.69) is 18.6 Å². The first-order valence-electron chi connectivity index (χ1n) is 7.99. The minimum Gasteiger partial charge on any atom is -0.405 e. The fourth-order valence-electron chi connectivity index (χ4n) is 1.82. The third kappa shape index (κ3) is 7.45. The third-order valence-electron chi connectivity index (χ3n) is 3.02. The van der Waals surface area contributed by atoms with Crippen LogP contribution in [0.1, 0.15) is 32.3 Å². The first kappa shape index (κ1) is 23.9. The van der Waals surface area contributed by atoms with Crippen molar-refractivity contribution in [3.8, 4) is 0 Å². The number of nitrogens with two attached hydrogens (primary N) is 1. The molecule has 0 aromatic carbocycles. The molecule has 1 aromatic rings. The standard InChI is InChI=1S/C12H19N3O8.C3H8/c1-22-8(12(20,21)23-9(17)4-13)2-3-15-5-7(6-16)10(18)14-11(15)19;1-3-2/h5,8,16,20-21H,2-4,6,13H2,1H3,(H,14,18,19);3H2,1-2H3. The Hall–Kier alpha value is -2.05. The Bertz CT molecular complexity index is 668. The van der Waals surface area contributed by atoms with Crippen LogP contribution in [0.3, 0.4) is 0 Å². The van der Waals surface area contributed by atoms with Crippen LogP contribution in [0.15, 0.2) is 15.8 Å². The van der Waals surface area contributed by atoms with Gasteiger partial charge in [0.15, 0.2) is 6.10 Å². The summed E-state index contributed by atoms with van der Waals surface area (Å²) >= 11 is 0. The maximum Gasteiger partial charge on any atom is 0.352 e. The van der Waals surface area contributed by atoms with Gasteiger partial charge in [0.05, 0.1) is 18.7 Å². The van der Waals surface area contributed by atoms with Gasteiger partial charge < -0.3 is 35.1 Å². The largest absolute Gasteiger partial charge is 0.405 e. The molecule has 1 atom stereocenters. The number of nitrogens with one attached hydrogen (secondary N) is 1. The summed E-state index contributed by atoms with van der Waals surface area (Å²) in [6, 6.07) is 0. The highest BCUT2D eigenvalue weighted by atomic mass is 16.8. The first-order valence-corrected chi connectivity index (χ1v) is 7.99. The Morgan fingerprint density at radius 3 is 2.42 bits per heavy atom. The van der Waals surface area contributed by atoms with Gasteiger partial charge >= 0.3 is 17.6 Å². The summed E-state index contributed by atoms with van der Waals surface area (Å²) in [6.45, 7) is 3.02. The number of carbonyl (C=O) groups excluding carboxylic acids is 1. The minimum atomic E-state index is -2.93. The van der Waals surface area contributed by atoms with E-state index in [0.717, 1.165) is 17.9 Å². The number of esters is 1. The predicted molar refractivity (Wildman–Crippen MR) is 90.9 cm³/mol. The molecule has 0 aliphatic rings. The number of hydrogen-bond donors (Lipinski definition) is 5. The summed E-state index contributed by atoms with van der Waals surface area (Å²) < 4.78 is 10.2. The average Bonchev–Trinajstić information content (AvgIpc) is 2.57. The molecule has 0 spiro atoms. The number of aliphatic hydroxyl groups is 3. The molecule has 0 saturated heterocycles. The van der Waals surface area contributed by atoms with Gasteiger partial charge in [0.1, 0.15) is 0 Å². The first-order chi connectivity index (χ1) is 12.2. The normalized spacial score (nSPS) is 12.1. The van der Waals surface area contributed by atoms with Gasteiger partial charge in [0.25, 0.3) is 5.56 Å². The lowest BCUT2D eigenvalue weighted by Gasteiger charge is -2.29.